The van der Waals surface area contributed by atoms with Crippen molar-refractivity contribution >= 4 is 0 Å². The zero-order chi connectivity index (χ0) is 14.0. The van der Waals surface area contributed by atoms with Gasteiger partial charge in [0.1, 0.15) is 0 Å². The molecule has 1 N–H and O–H groups in total. The van der Waals surface area contributed by atoms with Gasteiger partial charge in [-0.15, -0.1) is 0 Å². The lowest BCUT2D eigenvalue weighted by molar-refractivity contribution is -0.311. The molecule has 2 nitrogen and oxygen atoms in total. The smallest absolute Gasteiger partial charge is 0.0986 e. The summed E-state index contributed by atoms with van der Waals surface area (Å²) in [5, 5.41) is 9.47. The molecule has 0 aromatic carbocycles. The van der Waals surface area contributed by atoms with Gasteiger partial charge in [0.25, 0.3) is 0 Å². The normalized spacial score (nSPS) is 45.9. The van der Waals surface area contributed by atoms with E-state index in [1.807, 2.05) is 0 Å². The SMILES string of the molecule is CC1CCC(C(OO)C2CCC(C)C(C)C2C)CC1. The molecule has 0 saturated heterocycles. The van der Waals surface area contributed by atoms with E-state index in [4.69, 9.17) is 4.89 Å². The largest absolute Gasteiger partial charge is 0.252 e. The van der Waals surface area contributed by atoms with Crippen LogP contribution < -0.4 is 0 Å². The third kappa shape index (κ3) is 3.33. The molecular weight excluding hydrogens is 236 g/mol. The predicted octanol–water partition coefficient (Wildman–Crippen LogP) is 4.99. The van der Waals surface area contributed by atoms with E-state index in [2.05, 4.69) is 27.7 Å². The summed E-state index contributed by atoms with van der Waals surface area (Å²) in [5.74, 6) is 4.22. The standard InChI is InChI=1S/C17H32O2/c1-11-5-8-15(9-6-11)17(19-18)16-10-7-12(2)13(3)14(16)4/h11-18H,5-10H2,1-4H3. The predicted molar refractivity (Wildman–Crippen MR) is 78.8 cm³/mol. The molecule has 112 valence electrons. The minimum atomic E-state index is 0.0810. The van der Waals surface area contributed by atoms with Crippen molar-refractivity contribution in [3.05, 3.63) is 0 Å². The molecule has 0 bridgehead atoms. The minimum absolute atomic E-state index is 0.0810. The Bertz CT molecular complexity index is 270. The molecule has 0 aliphatic heterocycles. The maximum absolute atomic E-state index is 9.47. The number of hydrogen-bond acceptors (Lipinski definition) is 2. The van der Waals surface area contributed by atoms with Crippen LogP contribution in [0.4, 0.5) is 0 Å². The van der Waals surface area contributed by atoms with Crippen molar-refractivity contribution in [2.75, 3.05) is 0 Å². The molecule has 2 aliphatic rings. The van der Waals surface area contributed by atoms with E-state index in [0.717, 1.165) is 17.8 Å². The second kappa shape index (κ2) is 6.58. The van der Waals surface area contributed by atoms with Crippen LogP contribution in [0.3, 0.4) is 0 Å². The van der Waals surface area contributed by atoms with Crippen molar-refractivity contribution in [1.82, 2.24) is 0 Å². The second-order valence-corrected chi connectivity index (χ2v) is 7.53. The average Bonchev–Trinajstić information content (AvgIpc) is 2.41. The van der Waals surface area contributed by atoms with Crippen LogP contribution in [-0.2, 0) is 4.89 Å². The van der Waals surface area contributed by atoms with Crippen molar-refractivity contribution in [1.29, 1.82) is 0 Å². The third-order valence-corrected chi connectivity index (χ3v) is 6.43. The molecule has 19 heavy (non-hydrogen) atoms. The molecule has 5 atom stereocenters. The zero-order valence-electron chi connectivity index (χ0n) is 13.1. The molecule has 2 heteroatoms. The maximum Gasteiger partial charge on any atom is 0.0986 e. The lowest BCUT2D eigenvalue weighted by Gasteiger charge is -2.44. The van der Waals surface area contributed by atoms with Gasteiger partial charge >= 0.3 is 0 Å². The van der Waals surface area contributed by atoms with Gasteiger partial charge in [-0.05, 0) is 54.8 Å². The van der Waals surface area contributed by atoms with Crippen LogP contribution in [0.1, 0.15) is 66.2 Å². The van der Waals surface area contributed by atoms with Crippen LogP contribution in [0.5, 0.6) is 0 Å². The highest BCUT2D eigenvalue weighted by molar-refractivity contribution is 4.89. The van der Waals surface area contributed by atoms with E-state index >= 15 is 0 Å². The Morgan fingerprint density at radius 3 is 2.05 bits per heavy atom. The van der Waals surface area contributed by atoms with Crippen LogP contribution in [0.15, 0.2) is 0 Å². The Hall–Kier alpha value is -0.0800. The highest BCUT2D eigenvalue weighted by atomic mass is 17.1. The topological polar surface area (TPSA) is 29.5 Å². The van der Waals surface area contributed by atoms with E-state index in [1.165, 1.54) is 38.5 Å². The maximum atomic E-state index is 9.47. The monoisotopic (exact) mass is 268 g/mol. The van der Waals surface area contributed by atoms with Gasteiger partial charge in [-0.3, -0.25) is 5.26 Å². The van der Waals surface area contributed by atoms with Crippen molar-refractivity contribution in [2.24, 2.45) is 35.5 Å². The van der Waals surface area contributed by atoms with Gasteiger partial charge in [0.05, 0.1) is 6.10 Å². The lowest BCUT2D eigenvalue weighted by atomic mass is 9.64. The highest BCUT2D eigenvalue weighted by Crippen LogP contribution is 2.44. The first kappa shape index (κ1) is 15.3. The molecule has 2 fully saturated rings. The van der Waals surface area contributed by atoms with Gasteiger partial charge in [0.15, 0.2) is 0 Å². The first-order chi connectivity index (χ1) is 9.04. The van der Waals surface area contributed by atoms with Crippen LogP contribution in [0.2, 0.25) is 0 Å². The first-order valence-electron chi connectivity index (χ1n) is 8.34. The number of rotatable bonds is 3. The average molecular weight is 268 g/mol. The fraction of sp³-hybridized carbons (Fsp3) is 1.00. The van der Waals surface area contributed by atoms with Gasteiger partial charge in [-0.2, -0.15) is 0 Å². The Kier molecular flexibility index (Phi) is 5.30. The van der Waals surface area contributed by atoms with Gasteiger partial charge in [-0.1, -0.05) is 47.0 Å². The van der Waals surface area contributed by atoms with Gasteiger partial charge in [0, 0.05) is 0 Å². The summed E-state index contributed by atoms with van der Waals surface area (Å²) in [4.78, 5) is 5.02. The summed E-state index contributed by atoms with van der Waals surface area (Å²) in [6.45, 7) is 9.45. The molecule has 2 aliphatic carbocycles. The molecular formula is C17H32O2. The molecule has 0 spiro atoms. The van der Waals surface area contributed by atoms with E-state index in [9.17, 15) is 5.26 Å². The van der Waals surface area contributed by atoms with Crippen LogP contribution in [-0.4, -0.2) is 11.4 Å². The first-order valence-corrected chi connectivity index (χ1v) is 8.34. The van der Waals surface area contributed by atoms with Crippen molar-refractivity contribution in [3.8, 4) is 0 Å². The summed E-state index contributed by atoms with van der Waals surface area (Å²) >= 11 is 0. The number of hydrogen-bond donors (Lipinski definition) is 1. The van der Waals surface area contributed by atoms with Gasteiger partial charge in [-0.25, -0.2) is 4.89 Å². The van der Waals surface area contributed by atoms with Crippen molar-refractivity contribution in [3.63, 3.8) is 0 Å². The van der Waals surface area contributed by atoms with Gasteiger partial charge < -0.3 is 0 Å². The summed E-state index contributed by atoms with van der Waals surface area (Å²) in [6.07, 6.45) is 7.68. The Morgan fingerprint density at radius 1 is 0.842 bits per heavy atom. The third-order valence-electron chi connectivity index (χ3n) is 6.43. The quantitative estimate of drug-likeness (QED) is 0.577. The van der Waals surface area contributed by atoms with E-state index < -0.39 is 0 Å². The van der Waals surface area contributed by atoms with Crippen LogP contribution in [0, 0.1) is 35.5 Å². The Labute approximate surface area is 118 Å². The van der Waals surface area contributed by atoms with Crippen LogP contribution in [0.25, 0.3) is 0 Å². The molecule has 0 amide bonds. The fourth-order valence-corrected chi connectivity index (χ4v) is 4.48. The summed E-state index contributed by atoms with van der Waals surface area (Å²) in [7, 11) is 0. The second-order valence-electron chi connectivity index (χ2n) is 7.53. The summed E-state index contributed by atoms with van der Waals surface area (Å²) in [5.41, 5.74) is 0. The van der Waals surface area contributed by atoms with Crippen LogP contribution >= 0.6 is 0 Å². The minimum Gasteiger partial charge on any atom is -0.252 e. The van der Waals surface area contributed by atoms with Crippen molar-refractivity contribution < 1.29 is 10.1 Å². The Morgan fingerprint density at radius 2 is 1.47 bits per heavy atom. The van der Waals surface area contributed by atoms with Crippen molar-refractivity contribution in [2.45, 2.75) is 72.3 Å². The lowest BCUT2D eigenvalue weighted by Crippen LogP contribution is -2.42. The molecule has 2 saturated carbocycles. The fourth-order valence-electron chi connectivity index (χ4n) is 4.48. The van der Waals surface area contributed by atoms with E-state index in [-0.39, 0.29) is 6.10 Å². The van der Waals surface area contributed by atoms with E-state index in [1.54, 1.807) is 0 Å². The molecule has 0 aromatic rings. The zero-order valence-corrected chi connectivity index (χ0v) is 13.1. The van der Waals surface area contributed by atoms with E-state index in [0.29, 0.717) is 17.8 Å². The molecule has 0 heterocycles. The Balaban J connectivity index is 2.00. The molecule has 0 radical (unpaired) electrons. The molecule has 2 rings (SSSR count). The summed E-state index contributed by atoms with van der Waals surface area (Å²) < 4.78 is 0. The van der Waals surface area contributed by atoms with Gasteiger partial charge in [0.2, 0.25) is 0 Å². The molecule has 5 unspecified atom stereocenters. The molecule has 0 aromatic heterocycles. The summed E-state index contributed by atoms with van der Waals surface area (Å²) in [6, 6.07) is 0. The highest BCUT2D eigenvalue weighted by Gasteiger charge is 2.40.